The zero-order chi connectivity index (χ0) is 20.7. The molecule has 148 valence electrons. The molecule has 0 saturated heterocycles. The van der Waals surface area contributed by atoms with Gasteiger partial charge in [0.2, 0.25) is 11.8 Å². The van der Waals surface area contributed by atoms with E-state index in [-0.39, 0.29) is 6.61 Å². The fraction of sp³-hybridized carbons (Fsp3) is 0.190. The number of aromatic nitrogens is 4. The van der Waals surface area contributed by atoms with E-state index in [0.717, 1.165) is 21.9 Å². The molecule has 0 amide bonds. The van der Waals surface area contributed by atoms with E-state index in [0.29, 0.717) is 28.8 Å². The van der Waals surface area contributed by atoms with Gasteiger partial charge in [0.15, 0.2) is 17.6 Å². The number of hydroxylamine groups is 1. The molecule has 2 aromatic heterocycles. The van der Waals surface area contributed by atoms with Crippen LogP contribution < -0.4 is 10.2 Å². The number of nitrogens with one attached hydrogen (secondary N) is 1. The van der Waals surface area contributed by atoms with Crippen molar-refractivity contribution in [1.82, 2.24) is 25.3 Å². The van der Waals surface area contributed by atoms with E-state index < -0.39 is 6.17 Å². The second-order valence-corrected chi connectivity index (χ2v) is 6.98. The Morgan fingerprint density at radius 3 is 2.77 bits per heavy atom. The Kier molecular flexibility index (Phi) is 4.26. The quantitative estimate of drug-likeness (QED) is 0.562. The average Bonchev–Trinajstić information content (AvgIpc) is 3.38. The summed E-state index contributed by atoms with van der Waals surface area (Å²) in [6.07, 6.45) is -0.510. The van der Waals surface area contributed by atoms with Gasteiger partial charge in [0.25, 0.3) is 0 Å². The number of benzene rings is 2. The van der Waals surface area contributed by atoms with Gasteiger partial charge in [-0.05, 0) is 24.6 Å². The highest BCUT2D eigenvalue weighted by atomic mass is 16.7. The maximum absolute atomic E-state index is 9.43. The zero-order valence-electron chi connectivity index (χ0n) is 16.3. The van der Waals surface area contributed by atoms with Crippen LogP contribution in [-0.4, -0.2) is 25.7 Å². The molecular weight excluding hydrogens is 382 g/mol. The standard InChI is InChI=1S/C21H17N7O2/c1-12-7-8-14(15(9-12)10-22)11-29-21-17-6-4-3-5-16(17)19-24-25-20(28(19)26-21)18-23-13(2)30-27-18/h3-9,18,27H,11H2,1-2H3. The van der Waals surface area contributed by atoms with Crippen molar-refractivity contribution in [1.29, 1.82) is 5.26 Å². The lowest BCUT2D eigenvalue weighted by molar-refractivity contribution is 0.173. The Labute approximate surface area is 171 Å². The molecule has 9 nitrogen and oxygen atoms in total. The van der Waals surface area contributed by atoms with Crippen LogP contribution >= 0.6 is 0 Å². The summed E-state index contributed by atoms with van der Waals surface area (Å²) in [5.41, 5.74) is 5.81. The van der Waals surface area contributed by atoms with Crippen LogP contribution in [0, 0.1) is 18.3 Å². The molecule has 0 radical (unpaired) electrons. The molecule has 0 bridgehead atoms. The van der Waals surface area contributed by atoms with Gasteiger partial charge >= 0.3 is 0 Å². The molecular formula is C21H17N7O2. The maximum atomic E-state index is 9.43. The third kappa shape index (κ3) is 3.00. The normalized spacial score (nSPS) is 15.8. The molecule has 30 heavy (non-hydrogen) atoms. The number of fused-ring (bicyclic) bond motifs is 3. The van der Waals surface area contributed by atoms with Crippen LogP contribution in [0.3, 0.4) is 0 Å². The van der Waals surface area contributed by atoms with Gasteiger partial charge in [0, 0.05) is 23.3 Å². The Balaban J connectivity index is 1.59. The summed E-state index contributed by atoms with van der Waals surface area (Å²) in [4.78, 5) is 9.58. The van der Waals surface area contributed by atoms with E-state index in [9.17, 15) is 5.26 Å². The number of hydrogen-bond donors (Lipinski definition) is 1. The van der Waals surface area contributed by atoms with Crippen molar-refractivity contribution in [2.24, 2.45) is 4.99 Å². The summed E-state index contributed by atoms with van der Waals surface area (Å²) >= 11 is 0. The van der Waals surface area contributed by atoms with Crippen molar-refractivity contribution in [3.05, 3.63) is 65.0 Å². The molecule has 4 aromatic rings. The van der Waals surface area contributed by atoms with Gasteiger partial charge in [0.05, 0.1) is 11.6 Å². The molecule has 1 aliphatic rings. The first kappa shape index (κ1) is 18.0. The highest BCUT2D eigenvalue weighted by molar-refractivity contribution is 5.96. The first-order valence-corrected chi connectivity index (χ1v) is 9.37. The van der Waals surface area contributed by atoms with Crippen LogP contribution in [0.25, 0.3) is 16.4 Å². The molecule has 0 saturated carbocycles. The first-order valence-electron chi connectivity index (χ1n) is 9.37. The summed E-state index contributed by atoms with van der Waals surface area (Å²) in [6, 6.07) is 15.6. The van der Waals surface area contributed by atoms with Crippen molar-refractivity contribution in [3.63, 3.8) is 0 Å². The highest BCUT2D eigenvalue weighted by Gasteiger charge is 2.25. The minimum absolute atomic E-state index is 0.213. The smallest absolute Gasteiger partial charge is 0.240 e. The second-order valence-electron chi connectivity index (χ2n) is 6.98. The van der Waals surface area contributed by atoms with E-state index in [1.807, 2.05) is 49.4 Å². The summed E-state index contributed by atoms with van der Waals surface area (Å²) in [5.74, 6) is 1.42. The summed E-state index contributed by atoms with van der Waals surface area (Å²) in [5, 5.41) is 24.3. The number of nitriles is 1. The molecule has 1 unspecified atom stereocenters. The van der Waals surface area contributed by atoms with Crippen molar-refractivity contribution < 1.29 is 9.57 Å². The van der Waals surface area contributed by atoms with Crippen molar-refractivity contribution in [2.45, 2.75) is 26.6 Å². The molecule has 1 N–H and O–H groups in total. The highest BCUT2D eigenvalue weighted by Crippen LogP contribution is 2.29. The van der Waals surface area contributed by atoms with Gasteiger partial charge in [-0.1, -0.05) is 30.3 Å². The molecule has 3 heterocycles. The van der Waals surface area contributed by atoms with Crippen LogP contribution in [0.5, 0.6) is 5.88 Å². The van der Waals surface area contributed by atoms with Crippen molar-refractivity contribution in [2.75, 3.05) is 0 Å². The lowest BCUT2D eigenvalue weighted by atomic mass is 10.1. The van der Waals surface area contributed by atoms with E-state index in [1.54, 1.807) is 11.4 Å². The fourth-order valence-corrected chi connectivity index (χ4v) is 3.40. The topological polar surface area (TPSA) is 110 Å². The monoisotopic (exact) mass is 399 g/mol. The van der Waals surface area contributed by atoms with Crippen LogP contribution in [0.15, 0.2) is 47.5 Å². The van der Waals surface area contributed by atoms with Gasteiger partial charge in [-0.3, -0.25) is 0 Å². The third-order valence-electron chi connectivity index (χ3n) is 4.88. The fourth-order valence-electron chi connectivity index (χ4n) is 3.40. The zero-order valence-corrected chi connectivity index (χ0v) is 16.3. The van der Waals surface area contributed by atoms with Gasteiger partial charge in [-0.25, -0.2) is 4.99 Å². The molecule has 9 heteroatoms. The number of rotatable bonds is 4. The lowest BCUT2D eigenvalue weighted by Gasteiger charge is -2.11. The van der Waals surface area contributed by atoms with Gasteiger partial charge in [-0.2, -0.15) is 9.78 Å². The van der Waals surface area contributed by atoms with Crippen LogP contribution in [0.1, 0.15) is 35.6 Å². The number of ether oxygens (including phenoxy) is 1. The molecule has 5 rings (SSSR count). The van der Waals surface area contributed by atoms with Gasteiger partial charge in [-0.15, -0.1) is 20.8 Å². The van der Waals surface area contributed by atoms with Crippen LogP contribution in [-0.2, 0) is 11.4 Å². The van der Waals surface area contributed by atoms with Crippen molar-refractivity contribution >= 4 is 22.3 Å². The third-order valence-corrected chi connectivity index (χ3v) is 4.88. The number of aryl methyl sites for hydroxylation is 1. The second kappa shape index (κ2) is 7.09. The number of nitrogens with zero attached hydrogens (tertiary/aromatic N) is 6. The Hall–Kier alpha value is -4.03. The molecule has 0 fully saturated rings. The Morgan fingerprint density at radius 1 is 1.17 bits per heavy atom. The SMILES string of the molecule is CC1=NC(c2nnc3c4ccccc4c(OCc4ccc(C)cc4C#N)nn23)NO1. The van der Waals surface area contributed by atoms with E-state index >= 15 is 0 Å². The van der Waals surface area contributed by atoms with Crippen LogP contribution in [0.2, 0.25) is 0 Å². The molecule has 1 aliphatic heterocycles. The molecule has 0 aliphatic carbocycles. The molecule has 0 spiro atoms. The van der Waals surface area contributed by atoms with Gasteiger partial charge < -0.3 is 9.57 Å². The molecule has 2 aromatic carbocycles. The van der Waals surface area contributed by atoms with E-state index in [1.165, 1.54) is 0 Å². The summed E-state index contributed by atoms with van der Waals surface area (Å²) in [7, 11) is 0. The molecule has 1 atom stereocenters. The van der Waals surface area contributed by atoms with E-state index in [2.05, 4.69) is 31.8 Å². The predicted molar refractivity (Wildman–Crippen MR) is 109 cm³/mol. The predicted octanol–water partition coefficient (Wildman–Crippen LogP) is 2.99. The average molecular weight is 399 g/mol. The first-order chi connectivity index (χ1) is 14.6. The number of aliphatic imine (C=N–C) groups is 1. The minimum atomic E-state index is -0.510. The Morgan fingerprint density at radius 2 is 2.00 bits per heavy atom. The number of hydrogen-bond acceptors (Lipinski definition) is 8. The summed E-state index contributed by atoms with van der Waals surface area (Å²) < 4.78 is 7.69. The minimum Gasteiger partial charge on any atom is -0.471 e. The largest absolute Gasteiger partial charge is 0.471 e. The maximum Gasteiger partial charge on any atom is 0.240 e. The van der Waals surface area contributed by atoms with E-state index in [4.69, 9.17) is 9.57 Å². The van der Waals surface area contributed by atoms with Crippen molar-refractivity contribution in [3.8, 4) is 11.9 Å². The lowest BCUT2D eigenvalue weighted by Crippen LogP contribution is -2.17. The van der Waals surface area contributed by atoms with Gasteiger partial charge in [0.1, 0.15) is 6.61 Å². The summed E-state index contributed by atoms with van der Waals surface area (Å²) in [6.45, 7) is 3.92. The van der Waals surface area contributed by atoms with Crippen LogP contribution in [0.4, 0.5) is 0 Å². The Bertz CT molecular complexity index is 1350.